The summed E-state index contributed by atoms with van der Waals surface area (Å²) in [5.41, 5.74) is 0.272. The molecule has 0 radical (unpaired) electrons. The third-order valence-electron chi connectivity index (χ3n) is 0.953. The summed E-state index contributed by atoms with van der Waals surface area (Å²) in [5.74, 6) is -1.05. The SMILES string of the molecule is C=C(C)C(=O)OC(C)OC(C)=O. The first-order valence-corrected chi connectivity index (χ1v) is 3.47. The minimum Gasteiger partial charge on any atom is -0.426 e. The topological polar surface area (TPSA) is 52.6 Å². The van der Waals surface area contributed by atoms with Gasteiger partial charge in [0.25, 0.3) is 0 Å². The van der Waals surface area contributed by atoms with Crippen LogP contribution in [0.5, 0.6) is 0 Å². The first-order chi connectivity index (χ1) is 5.43. The summed E-state index contributed by atoms with van der Waals surface area (Å²) in [5, 5.41) is 0. The highest BCUT2D eigenvalue weighted by Gasteiger charge is 2.11. The lowest BCUT2D eigenvalue weighted by Crippen LogP contribution is -2.20. The molecule has 0 amide bonds. The molecule has 12 heavy (non-hydrogen) atoms. The van der Waals surface area contributed by atoms with Gasteiger partial charge in [-0.15, -0.1) is 0 Å². The van der Waals surface area contributed by atoms with Gasteiger partial charge in [-0.3, -0.25) is 4.79 Å². The van der Waals surface area contributed by atoms with Gasteiger partial charge < -0.3 is 9.47 Å². The highest BCUT2D eigenvalue weighted by atomic mass is 16.7. The Kier molecular flexibility index (Phi) is 4.04. The standard InChI is InChI=1S/C8H12O4/c1-5(2)8(10)12-7(4)11-6(3)9/h7H,1H2,2-4H3. The number of hydrogen-bond acceptors (Lipinski definition) is 4. The van der Waals surface area contributed by atoms with E-state index in [0.717, 1.165) is 0 Å². The van der Waals surface area contributed by atoms with Crippen molar-refractivity contribution in [3.05, 3.63) is 12.2 Å². The van der Waals surface area contributed by atoms with Crippen molar-refractivity contribution in [1.29, 1.82) is 0 Å². The summed E-state index contributed by atoms with van der Waals surface area (Å²) < 4.78 is 9.19. The van der Waals surface area contributed by atoms with E-state index in [2.05, 4.69) is 16.1 Å². The lowest BCUT2D eigenvalue weighted by molar-refractivity contribution is -0.179. The van der Waals surface area contributed by atoms with Gasteiger partial charge in [0.2, 0.25) is 6.29 Å². The molecule has 1 unspecified atom stereocenters. The van der Waals surface area contributed by atoms with Crippen LogP contribution in [0.15, 0.2) is 12.2 Å². The van der Waals surface area contributed by atoms with Gasteiger partial charge in [0, 0.05) is 19.4 Å². The molecule has 68 valence electrons. The first-order valence-electron chi connectivity index (χ1n) is 3.47. The van der Waals surface area contributed by atoms with E-state index in [1.807, 2.05) is 0 Å². The third-order valence-corrected chi connectivity index (χ3v) is 0.953. The fourth-order valence-electron chi connectivity index (χ4n) is 0.509. The zero-order chi connectivity index (χ0) is 9.72. The number of carbonyl (C=O) groups excluding carboxylic acids is 2. The van der Waals surface area contributed by atoms with Gasteiger partial charge in [0.1, 0.15) is 0 Å². The van der Waals surface area contributed by atoms with E-state index in [1.165, 1.54) is 20.8 Å². The molecule has 4 nitrogen and oxygen atoms in total. The van der Waals surface area contributed by atoms with Crippen LogP contribution in [0.25, 0.3) is 0 Å². The van der Waals surface area contributed by atoms with Crippen molar-refractivity contribution in [2.75, 3.05) is 0 Å². The van der Waals surface area contributed by atoms with Crippen molar-refractivity contribution in [2.24, 2.45) is 0 Å². The quantitative estimate of drug-likeness (QED) is 0.362. The van der Waals surface area contributed by atoms with Gasteiger partial charge in [-0.1, -0.05) is 6.58 Å². The van der Waals surface area contributed by atoms with Crippen LogP contribution in [-0.4, -0.2) is 18.2 Å². The Bertz CT molecular complexity index is 207. The maximum atomic E-state index is 10.8. The van der Waals surface area contributed by atoms with Crippen molar-refractivity contribution < 1.29 is 19.1 Å². The van der Waals surface area contributed by atoms with Crippen LogP contribution < -0.4 is 0 Å². The lowest BCUT2D eigenvalue weighted by Gasteiger charge is -2.12. The summed E-state index contributed by atoms with van der Waals surface area (Å²) in [6, 6.07) is 0. The van der Waals surface area contributed by atoms with Crippen LogP contribution in [0.3, 0.4) is 0 Å². The van der Waals surface area contributed by atoms with Crippen LogP contribution in [0.1, 0.15) is 20.8 Å². The zero-order valence-corrected chi connectivity index (χ0v) is 7.42. The average Bonchev–Trinajstić information content (AvgIpc) is 1.84. The summed E-state index contributed by atoms with van der Waals surface area (Å²) in [4.78, 5) is 21.2. The van der Waals surface area contributed by atoms with E-state index >= 15 is 0 Å². The zero-order valence-electron chi connectivity index (χ0n) is 7.42. The highest BCUT2D eigenvalue weighted by Crippen LogP contribution is 1.99. The van der Waals surface area contributed by atoms with Gasteiger partial charge in [-0.25, -0.2) is 4.79 Å². The Balaban J connectivity index is 3.84. The smallest absolute Gasteiger partial charge is 0.336 e. The maximum Gasteiger partial charge on any atom is 0.336 e. The largest absolute Gasteiger partial charge is 0.426 e. The molecule has 0 N–H and O–H groups in total. The Labute approximate surface area is 71.2 Å². The molecule has 0 aliphatic heterocycles. The summed E-state index contributed by atoms with van der Waals surface area (Å²) in [6.07, 6.45) is -0.855. The Morgan fingerprint density at radius 3 is 2.08 bits per heavy atom. The Morgan fingerprint density at radius 1 is 1.25 bits per heavy atom. The minimum absolute atomic E-state index is 0.272. The average molecular weight is 172 g/mol. The minimum atomic E-state index is -0.855. The lowest BCUT2D eigenvalue weighted by atomic mass is 10.4. The molecular weight excluding hydrogens is 160 g/mol. The van der Waals surface area contributed by atoms with Crippen LogP contribution in [0, 0.1) is 0 Å². The second kappa shape index (κ2) is 4.54. The molecule has 0 saturated heterocycles. The Morgan fingerprint density at radius 2 is 1.75 bits per heavy atom. The molecule has 1 atom stereocenters. The molecule has 0 aliphatic carbocycles. The van der Waals surface area contributed by atoms with Crippen LogP contribution >= 0.6 is 0 Å². The van der Waals surface area contributed by atoms with Gasteiger partial charge >= 0.3 is 11.9 Å². The molecule has 0 spiro atoms. The van der Waals surface area contributed by atoms with E-state index in [-0.39, 0.29) is 5.57 Å². The molecule has 0 aromatic carbocycles. The monoisotopic (exact) mass is 172 g/mol. The molecule has 0 aliphatic rings. The summed E-state index contributed by atoms with van der Waals surface area (Å²) in [6.45, 7) is 7.59. The molecule has 0 saturated carbocycles. The van der Waals surface area contributed by atoms with Crippen molar-refractivity contribution in [1.82, 2.24) is 0 Å². The second-order valence-corrected chi connectivity index (χ2v) is 2.36. The highest BCUT2D eigenvalue weighted by molar-refractivity contribution is 5.87. The van der Waals surface area contributed by atoms with E-state index in [0.29, 0.717) is 0 Å². The molecule has 0 aromatic rings. The predicted octanol–water partition coefficient (Wildman–Crippen LogP) is 1.01. The molecule has 4 heteroatoms. The first kappa shape index (κ1) is 10.7. The fraction of sp³-hybridized carbons (Fsp3) is 0.500. The molecule has 0 bridgehead atoms. The normalized spacial score (nSPS) is 11.6. The van der Waals surface area contributed by atoms with Crippen LogP contribution in [0.2, 0.25) is 0 Å². The Hall–Kier alpha value is -1.32. The van der Waals surface area contributed by atoms with Crippen LogP contribution in [0.4, 0.5) is 0 Å². The number of rotatable bonds is 3. The van der Waals surface area contributed by atoms with Gasteiger partial charge in [0.15, 0.2) is 0 Å². The van der Waals surface area contributed by atoms with Gasteiger partial charge in [-0.05, 0) is 6.92 Å². The number of carbonyl (C=O) groups is 2. The van der Waals surface area contributed by atoms with E-state index < -0.39 is 18.2 Å². The van der Waals surface area contributed by atoms with Crippen molar-refractivity contribution in [3.63, 3.8) is 0 Å². The summed E-state index contributed by atoms with van der Waals surface area (Å²) in [7, 11) is 0. The van der Waals surface area contributed by atoms with Gasteiger partial charge in [0.05, 0.1) is 0 Å². The third kappa shape index (κ3) is 4.49. The van der Waals surface area contributed by atoms with Crippen molar-refractivity contribution in [3.8, 4) is 0 Å². The van der Waals surface area contributed by atoms with E-state index in [4.69, 9.17) is 0 Å². The molecule has 0 heterocycles. The number of ether oxygens (including phenoxy) is 2. The van der Waals surface area contributed by atoms with Crippen LogP contribution in [-0.2, 0) is 19.1 Å². The van der Waals surface area contributed by atoms with Crippen molar-refractivity contribution in [2.45, 2.75) is 27.1 Å². The summed E-state index contributed by atoms with van der Waals surface area (Å²) >= 11 is 0. The fourth-order valence-corrected chi connectivity index (χ4v) is 0.509. The predicted molar refractivity (Wildman–Crippen MR) is 42.1 cm³/mol. The molecule has 0 aromatic heterocycles. The van der Waals surface area contributed by atoms with E-state index in [9.17, 15) is 9.59 Å². The van der Waals surface area contributed by atoms with Gasteiger partial charge in [-0.2, -0.15) is 0 Å². The number of esters is 2. The number of hydrogen-bond donors (Lipinski definition) is 0. The second-order valence-electron chi connectivity index (χ2n) is 2.36. The van der Waals surface area contributed by atoms with E-state index in [1.54, 1.807) is 0 Å². The molecule has 0 fully saturated rings. The molecule has 0 rings (SSSR count). The molecular formula is C8H12O4. The maximum absolute atomic E-state index is 10.8. The van der Waals surface area contributed by atoms with Crippen molar-refractivity contribution >= 4 is 11.9 Å².